The molecule has 45 heavy (non-hydrogen) atoms. The third-order valence-electron chi connectivity index (χ3n) is 8.68. The largest absolute Gasteiger partial charge is 0.324 e. The molecule has 8 nitrogen and oxygen atoms in total. The highest BCUT2D eigenvalue weighted by molar-refractivity contribution is 6.32. The van der Waals surface area contributed by atoms with Crippen LogP contribution in [0.5, 0.6) is 0 Å². The molecule has 4 N–H and O–H groups in total. The van der Waals surface area contributed by atoms with Gasteiger partial charge in [0.15, 0.2) is 0 Å². The molecular weight excluding hydrogens is 580 g/mol. The number of unbranched alkanes of at least 4 members (excludes halogenated alkanes) is 1. The van der Waals surface area contributed by atoms with Gasteiger partial charge in [0.2, 0.25) is 0 Å². The van der Waals surface area contributed by atoms with Gasteiger partial charge in [-0.3, -0.25) is 0 Å². The van der Waals surface area contributed by atoms with Crippen molar-refractivity contribution in [2.24, 2.45) is 20.0 Å². The molecule has 9 rings (SSSR count). The van der Waals surface area contributed by atoms with Crippen LogP contribution in [0.4, 0.5) is 23.3 Å². The van der Waals surface area contributed by atoms with Crippen molar-refractivity contribution in [2.45, 2.75) is 26.2 Å². The Bertz CT molecular complexity index is 2720. The molecule has 1 aliphatic heterocycles. The van der Waals surface area contributed by atoms with Crippen molar-refractivity contribution in [3.63, 3.8) is 0 Å². The number of H-pyrrole nitrogens is 4. The molecule has 0 saturated carbocycles. The number of hydrogen-bond acceptors (Lipinski definition) is 4. The van der Waals surface area contributed by atoms with E-state index in [4.69, 9.17) is 31.6 Å². The molecule has 0 saturated heterocycles. The van der Waals surface area contributed by atoms with Gasteiger partial charge in [-0.15, -0.1) is 0 Å². The van der Waals surface area contributed by atoms with E-state index in [1.54, 1.807) is 0 Å². The normalized spacial score (nSPS) is 12.8. The summed E-state index contributed by atoms with van der Waals surface area (Å²) in [6.07, 6.45) is 2.92. The zero-order chi connectivity index (χ0) is 30.1. The Balaban J connectivity index is 1.49. The third kappa shape index (κ3) is 4.06. The number of rotatable bonds is 3. The Morgan fingerprint density at radius 1 is 0.489 bits per heavy atom. The highest BCUT2D eigenvalue weighted by Crippen LogP contribution is 2.40. The molecule has 9 heteroatoms. The van der Waals surface area contributed by atoms with Gasteiger partial charge < -0.3 is 19.9 Å². The number of aryl methyl sites for hydroxylation is 1. The van der Waals surface area contributed by atoms with Crippen molar-refractivity contribution in [3.05, 3.63) is 117 Å². The zero-order valence-corrected chi connectivity index (χ0v) is 25.1. The van der Waals surface area contributed by atoms with E-state index in [-0.39, 0.29) is 0 Å². The Kier molecular flexibility index (Phi) is 5.79. The number of nitrogens with zero attached hydrogens (tertiary/aromatic N) is 4. The predicted molar refractivity (Wildman–Crippen MR) is 180 cm³/mol. The van der Waals surface area contributed by atoms with Crippen molar-refractivity contribution >= 4 is 78.0 Å². The summed E-state index contributed by atoms with van der Waals surface area (Å²) in [5.41, 5.74) is 3.93. The van der Waals surface area contributed by atoms with Crippen LogP contribution in [0.3, 0.4) is 0 Å². The maximum absolute atomic E-state index is 6.87. The van der Waals surface area contributed by atoms with Crippen molar-refractivity contribution in [1.82, 2.24) is 19.9 Å². The first-order chi connectivity index (χ1) is 22.2. The minimum atomic E-state index is 0.705. The molecule has 5 heterocycles. The maximum Gasteiger partial charge on any atom is 0.142 e. The summed E-state index contributed by atoms with van der Waals surface area (Å²) in [5.74, 6) is 2.85. The lowest BCUT2D eigenvalue weighted by molar-refractivity contribution is 0.799. The van der Waals surface area contributed by atoms with Crippen molar-refractivity contribution < 1.29 is 0 Å². The van der Waals surface area contributed by atoms with Gasteiger partial charge >= 0.3 is 0 Å². The van der Waals surface area contributed by atoms with Crippen LogP contribution in [0.2, 0.25) is 5.02 Å². The highest BCUT2D eigenvalue weighted by Gasteiger charge is 2.18. The summed E-state index contributed by atoms with van der Waals surface area (Å²) in [6.45, 7) is 2.19. The second kappa shape index (κ2) is 10.0. The number of halogens is 1. The number of aromatic nitrogens is 4. The van der Waals surface area contributed by atoms with Gasteiger partial charge in [-0.05, 0) is 30.5 Å². The third-order valence-corrected chi connectivity index (χ3v) is 9.04. The van der Waals surface area contributed by atoms with Crippen LogP contribution in [-0.2, 0) is 6.42 Å². The second-order valence-corrected chi connectivity index (χ2v) is 11.8. The summed E-state index contributed by atoms with van der Waals surface area (Å²) in [5, 5.41) is 8.54. The Morgan fingerprint density at radius 3 is 1.40 bits per heavy atom. The monoisotopic (exact) mass is 606 g/mol. The average Bonchev–Trinajstić information content (AvgIpc) is 3.80. The minimum absolute atomic E-state index is 0.705. The van der Waals surface area contributed by atoms with Crippen molar-refractivity contribution in [3.8, 4) is 0 Å². The van der Waals surface area contributed by atoms with E-state index < -0.39 is 0 Å². The molecule has 0 spiro atoms. The quantitative estimate of drug-likeness (QED) is 0.158. The van der Waals surface area contributed by atoms with Gasteiger partial charge in [0.05, 0.1) is 0 Å². The molecule has 0 fully saturated rings. The standard InChI is InChI=1S/C36H27ClN8/c1-2-3-10-25-27(37)18-17-26-28(25)36-44-34-24-16-9-8-15-23(24)32(42-34)40-30-20-12-5-4-11-19(20)29(38-30)39-31-21-13-6-7-14-22(21)33(41-31)43-35(26)45-36/h4-9,11-18H,2-3,10H2,1H3,(H4,38,39,40,41,42,43,44,45). The van der Waals surface area contributed by atoms with Gasteiger partial charge in [-0.25, -0.2) is 20.0 Å². The Hall–Kier alpha value is -5.47. The maximum atomic E-state index is 6.87. The lowest BCUT2D eigenvalue weighted by Crippen LogP contribution is -2.10. The summed E-state index contributed by atoms with van der Waals surface area (Å²) >= 11 is 6.87. The Labute approximate surface area is 261 Å². The number of fused-ring (bicyclic) bond motifs is 20. The number of hydrogen-bond donors (Lipinski definition) is 4. The first-order valence-electron chi connectivity index (χ1n) is 15.2. The van der Waals surface area contributed by atoms with E-state index in [0.717, 1.165) is 90.1 Å². The van der Waals surface area contributed by atoms with Crippen LogP contribution in [0.25, 0.3) is 43.1 Å². The molecule has 8 aromatic rings. The SMILES string of the molecule is CCCCc1c(Cl)ccc2c3[nH]c(c12)N=c1[nH]c(c2ccccc12)=Nc1[nH]c(c2ccccc12)N=c1[nH]c(c2ccccc12)=N3. The smallest absolute Gasteiger partial charge is 0.142 e. The first-order valence-corrected chi connectivity index (χ1v) is 15.6. The molecule has 0 unspecified atom stereocenters. The molecular formula is C36H27ClN8. The summed E-state index contributed by atoms with van der Waals surface area (Å²) in [7, 11) is 0. The van der Waals surface area contributed by atoms with E-state index in [9.17, 15) is 0 Å². The van der Waals surface area contributed by atoms with Crippen LogP contribution >= 0.6 is 11.6 Å². The lowest BCUT2D eigenvalue weighted by atomic mass is 10.0. The predicted octanol–water partition coefficient (Wildman–Crippen LogP) is 7.73. The summed E-state index contributed by atoms with van der Waals surface area (Å²) in [6, 6.07) is 28.5. The van der Waals surface area contributed by atoms with Gasteiger partial charge in [-0.1, -0.05) is 97.7 Å². The second-order valence-electron chi connectivity index (χ2n) is 11.4. The lowest BCUT2D eigenvalue weighted by Gasteiger charge is -2.06. The topological polar surface area (TPSA) is 113 Å². The van der Waals surface area contributed by atoms with E-state index in [2.05, 4.69) is 63.3 Å². The minimum Gasteiger partial charge on any atom is -0.324 e. The van der Waals surface area contributed by atoms with Gasteiger partial charge in [0.25, 0.3) is 0 Å². The van der Waals surface area contributed by atoms with Gasteiger partial charge in [-0.2, -0.15) is 0 Å². The van der Waals surface area contributed by atoms with E-state index in [1.165, 1.54) is 0 Å². The summed E-state index contributed by atoms with van der Waals surface area (Å²) < 4.78 is 0. The molecule has 0 amide bonds. The van der Waals surface area contributed by atoms with E-state index >= 15 is 0 Å². The van der Waals surface area contributed by atoms with Crippen LogP contribution in [0.15, 0.2) is 105 Å². The van der Waals surface area contributed by atoms with Crippen molar-refractivity contribution in [2.75, 3.05) is 0 Å². The van der Waals surface area contributed by atoms with Crippen molar-refractivity contribution in [1.29, 1.82) is 0 Å². The molecule has 0 aliphatic carbocycles. The average molecular weight is 607 g/mol. The molecule has 0 atom stereocenters. The fourth-order valence-corrected chi connectivity index (χ4v) is 6.76. The van der Waals surface area contributed by atoms with Gasteiger partial charge in [0, 0.05) is 48.1 Å². The van der Waals surface area contributed by atoms with Crippen LogP contribution in [-0.4, -0.2) is 19.9 Å². The van der Waals surface area contributed by atoms with E-state index in [0.29, 0.717) is 28.1 Å². The fraction of sp³-hybridized carbons (Fsp3) is 0.111. The summed E-state index contributed by atoms with van der Waals surface area (Å²) in [4.78, 5) is 34.8. The van der Waals surface area contributed by atoms with Crippen LogP contribution in [0, 0.1) is 0 Å². The molecule has 218 valence electrons. The molecule has 0 radical (unpaired) electrons. The molecule has 1 aliphatic rings. The molecule has 4 aromatic carbocycles. The Morgan fingerprint density at radius 2 is 0.911 bits per heavy atom. The van der Waals surface area contributed by atoms with Crippen LogP contribution < -0.4 is 22.0 Å². The molecule has 8 bridgehead atoms. The molecule has 4 aromatic heterocycles. The van der Waals surface area contributed by atoms with E-state index in [1.807, 2.05) is 48.5 Å². The number of nitrogens with one attached hydrogen (secondary N) is 4. The zero-order valence-electron chi connectivity index (χ0n) is 24.4. The fourth-order valence-electron chi connectivity index (χ4n) is 6.51. The van der Waals surface area contributed by atoms with Gasteiger partial charge in [0.1, 0.15) is 45.2 Å². The van der Waals surface area contributed by atoms with Crippen LogP contribution in [0.1, 0.15) is 25.3 Å². The highest BCUT2D eigenvalue weighted by atomic mass is 35.5. The number of benzene rings is 4. The first kappa shape index (κ1) is 26.0. The number of aromatic amines is 4.